The number of nitrogens with one attached hydrogen (secondary N) is 1. The second-order valence-corrected chi connectivity index (χ2v) is 8.53. The third-order valence-corrected chi connectivity index (χ3v) is 6.13. The summed E-state index contributed by atoms with van der Waals surface area (Å²) in [6.45, 7) is 6.56. The summed E-state index contributed by atoms with van der Waals surface area (Å²) < 4.78 is 7.69. The Morgan fingerprint density at radius 2 is 2.00 bits per heavy atom. The molecule has 0 unspecified atom stereocenters. The van der Waals surface area contributed by atoms with Crippen molar-refractivity contribution in [1.29, 1.82) is 0 Å². The smallest absolute Gasteiger partial charge is 0.278 e. The number of ether oxygens (including phenoxy) is 1. The number of anilines is 2. The molecule has 2 aromatic heterocycles. The quantitative estimate of drug-likeness (QED) is 0.640. The van der Waals surface area contributed by atoms with Gasteiger partial charge in [-0.25, -0.2) is 9.97 Å². The summed E-state index contributed by atoms with van der Waals surface area (Å²) >= 11 is 0. The van der Waals surface area contributed by atoms with Gasteiger partial charge in [0.1, 0.15) is 17.3 Å². The van der Waals surface area contributed by atoms with Crippen molar-refractivity contribution in [2.75, 3.05) is 30.9 Å². The van der Waals surface area contributed by atoms with Crippen LogP contribution in [0.2, 0.25) is 0 Å². The monoisotopic (exact) mass is 433 g/mol. The third kappa shape index (κ3) is 3.88. The lowest BCUT2D eigenvalue weighted by molar-refractivity contribution is 0.0572. The molecule has 4 rings (SSSR count). The van der Waals surface area contributed by atoms with Crippen molar-refractivity contribution in [3.63, 3.8) is 0 Å². The average molecular weight is 434 g/mol. The minimum absolute atomic E-state index is 0.0107. The van der Waals surface area contributed by atoms with Gasteiger partial charge in [-0.3, -0.25) is 9.36 Å². The Morgan fingerprint density at radius 3 is 2.69 bits per heavy atom. The maximum Gasteiger partial charge on any atom is 0.278 e. The molecule has 1 N–H and O–H groups in total. The lowest BCUT2D eigenvalue weighted by Crippen LogP contribution is -2.30. The van der Waals surface area contributed by atoms with Crippen LogP contribution in [0.1, 0.15) is 35.3 Å². The molecule has 0 amide bonds. The first-order valence-electron chi connectivity index (χ1n) is 11.0. The van der Waals surface area contributed by atoms with E-state index in [1.54, 1.807) is 17.8 Å². The molecule has 0 saturated heterocycles. The van der Waals surface area contributed by atoms with Gasteiger partial charge in [-0.1, -0.05) is 24.3 Å². The summed E-state index contributed by atoms with van der Waals surface area (Å²) in [5.41, 5.74) is 5.23. The lowest BCUT2D eigenvalue weighted by atomic mass is 10.1. The molecular formula is C25H31N5O2. The standard InChI is InChI=1S/C25H31N5O2/c1-7-32-20-13-17-10-8-9-11-18(17)22(20)28-24-16(3)27-23(25(31)30(24)6)19-14-26-21(29(4)5)12-15(19)2/h8-12,14,20,22,28H,7,13H2,1-6H3/t20-,22+/m0/s1. The Balaban J connectivity index is 1.73. The summed E-state index contributed by atoms with van der Waals surface area (Å²) in [4.78, 5) is 24.5. The summed E-state index contributed by atoms with van der Waals surface area (Å²) in [5, 5.41) is 3.58. The molecule has 0 saturated carbocycles. The Labute approximate surface area is 189 Å². The van der Waals surface area contributed by atoms with E-state index in [1.807, 2.05) is 51.9 Å². The molecule has 2 atom stereocenters. The van der Waals surface area contributed by atoms with Crippen LogP contribution in [0, 0.1) is 13.8 Å². The van der Waals surface area contributed by atoms with Crippen LogP contribution in [0.5, 0.6) is 0 Å². The predicted octanol–water partition coefficient (Wildman–Crippen LogP) is 3.64. The number of pyridine rings is 1. The van der Waals surface area contributed by atoms with Gasteiger partial charge >= 0.3 is 0 Å². The molecule has 1 aliphatic rings. The van der Waals surface area contributed by atoms with Gasteiger partial charge in [0.05, 0.1) is 17.8 Å². The number of hydrogen-bond donors (Lipinski definition) is 1. The highest BCUT2D eigenvalue weighted by molar-refractivity contribution is 5.65. The number of benzene rings is 1. The number of fused-ring (bicyclic) bond motifs is 1. The van der Waals surface area contributed by atoms with E-state index in [-0.39, 0.29) is 17.7 Å². The van der Waals surface area contributed by atoms with Crippen molar-refractivity contribution in [3.8, 4) is 11.3 Å². The van der Waals surface area contributed by atoms with E-state index < -0.39 is 0 Å². The zero-order chi connectivity index (χ0) is 23.0. The molecule has 32 heavy (non-hydrogen) atoms. The molecule has 7 heteroatoms. The van der Waals surface area contributed by atoms with Gasteiger partial charge in [0.25, 0.3) is 5.56 Å². The normalized spacial score (nSPS) is 17.3. The molecule has 0 aliphatic heterocycles. The van der Waals surface area contributed by atoms with E-state index in [9.17, 15) is 4.79 Å². The van der Waals surface area contributed by atoms with E-state index in [4.69, 9.17) is 9.72 Å². The van der Waals surface area contributed by atoms with Gasteiger partial charge in [0.2, 0.25) is 0 Å². The van der Waals surface area contributed by atoms with Crippen LogP contribution in [-0.4, -0.2) is 41.3 Å². The van der Waals surface area contributed by atoms with Crippen LogP contribution >= 0.6 is 0 Å². The Kier molecular flexibility index (Phi) is 6.02. The predicted molar refractivity (Wildman–Crippen MR) is 128 cm³/mol. The topological polar surface area (TPSA) is 72.3 Å². The average Bonchev–Trinajstić information content (AvgIpc) is 3.11. The minimum atomic E-state index is -0.153. The largest absolute Gasteiger partial charge is 0.376 e. The lowest BCUT2D eigenvalue weighted by Gasteiger charge is -2.25. The molecule has 7 nitrogen and oxygen atoms in total. The number of aromatic nitrogens is 3. The highest BCUT2D eigenvalue weighted by atomic mass is 16.5. The van der Waals surface area contributed by atoms with Crippen molar-refractivity contribution >= 4 is 11.6 Å². The maximum absolute atomic E-state index is 13.3. The van der Waals surface area contributed by atoms with Crippen LogP contribution in [0.4, 0.5) is 11.6 Å². The number of nitrogens with zero attached hydrogens (tertiary/aromatic N) is 4. The van der Waals surface area contributed by atoms with Crippen molar-refractivity contribution in [2.45, 2.75) is 39.3 Å². The SMILES string of the molecule is CCO[C@H]1Cc2ccccc2[C@H]1Nc1c(C)nc(-c2cnc(N(C)C)cc2C)c(=O)n1C. The highest BCUT2D eigenvalue weighted by Gasteiger charge is 2.33. The fourth-order valence-electron chi connectivity index (χ4n) is 4.43. The molecule has 0 bridgehead atoms. The summed E-state index contributed by atoms with van der Waals surface area (Å²) in [5.74, 6) is 1.56. The van der Waals surface area contributed by atoms with Crippen LogP contribution < -0.4 is 15.8 Å². The molecule has 0 spiro atoms. The van der Waals surface area contributed by atoms with E-state index in [0.29, 0.717) is 18.1 Å². The third-order valence-electron chi connectivity index (χ3n) is 6.13. The number of rotatable bonds is 6. The molecule has 3 aromatic rings. The van der Waals surface area contributed by atoms with Gasteiger partial charge in [-0.05, 0) is 43.5 Å². The Morgan fingerprint density at radius 1 is 1.25 bits per heavy atom. The fourth-order valence-corrected chi connectivity index (χ4v) is 4.43. The van der Waals surface area contributed by atoms with E-state index in [1.165, 1.54) is 11.1 Å². The van der Waals surface area contributed by atoms with Gasteiger partial charge < -0.3 is 15.0 Å². The summed E-state index contributed by atoms with van der Waals surface area (Å²) in [6.07, 6.45) is 2.60. The van der Waals surface area contributed by atoms with Crippen LogP contribution in [0.3, 0.4) is 0 Å². The molecular weight excluding hydrogens is 402 g/mol. The molecule has 168 valence electrons. The van der Waals surface area contributed by atoms with Crippen molar-refractivity contribution in [2.24, 2.45) is 7.05 Å². The molecule has 0 fully saturated rings. The van der Waals surface area contributed by atoms with Crippen molar-refractivity contribution in [3.05, 3.63) is 69.3 Å². The van der Waals surface area contributed by atoms with E-state index >= 15 is 0 Å². The number of hydrogen-bond acceptors (Lipinski definition) is 6. The first kappa shape index (κ1) is 22.0. The molecule has 1 aromatic carbocycles. The van der Waals surface area contributed by atoms with Gasteiger partial charge in [0, 0.05) is 45.9 Å². The maximum atomic E-state index is 13.3. The fraction of sp³-hybridized carbons (Fsp3) is 0.400. The Bertz CT molecular complexity index is 1200. The zero-order valence-corrected chi connectivity index (χ0v) is 19.6. The zero-order valence-electron chi connectivity index (χ0n) is 19.6. The Hall–Kier alpha value is -3.19. The van der Waals surface area contributed by atoms with Gasteiger partial charge in [-0.15, -0.1) is 0 Å². The minimum Gasteiger partial charge on any atom is -0.376 e. The number of aryl methyl sites for hydroxylation is 2. The van der Waals surface area contributed by atoms with Gasteiger partial charge in [-0.2, -0.15) is 0 Å². The van der Waals surface area contributed by atoms with Crippen molar-refractivity contribution in [1.82, 2.24) is 14.5 Å². The van der Waals surface area contributed by atoms with E-state index in [0.717, 1.165) is 29.1 Å². The van der Waals surface area contributed by atoms with Gasteiger partial charge in [0.15, 0.2) is 0 Å². The van der Waals surface area contributed by atoms with Crippen molar-refractivity contribution < 1.29 is 4.74 Å². The molecule has 2 heterocycles. The van der Waals surface area contributed by atoms with E-state index in [2.05, 4.69) is 28.5 Å². The molecule has 1 aliphatic carbocycles. The van der Waals surface area contributed by atoms with Crippen LogP contribution in [0.15, 0.2) is 41.3 Å². The summed E-state index contributed by atoms with van der Waals surface area (Å²) in [7, 11) is 5.68. The first-order chi connectivity index (χ1) is 15.3. The van der Waals surface area contributed by atoms with Crippen LogP contribution in [-0.2, 0) is 18.2 Å². The molecule has 0 radical (unpaired) electrons. The second-order valence-electron chi connectivity index (χ2n) is 8.53. The second kappa shape index (κ2) is 8.74. The summed E-state index contributed by atoms with van der Waals surface area (Å²) in [6, 6.07) is 10.3. The first-order valence-corrected chi connectivity index (χ1v) is 11.0. The highest BCUT2D eigenvalue weighted by Crippen LogP contribution is 2.36. The van der Waals surface area contributed by atoms with Crippen LogP contribution in [0.25, 0.3) is 11.3 Å².